The largest absolute Gasteiger partial charge is 0.385 e. The lowest BCUT2D eigenvalue weighted by molar-refractivity contribution is -0.0469. The normalized spacial score (nSPS) is 19.7. The first-order chi connectivity index (χ1) is 9.22. The highest BCUT2D eigenvalue weighted by Crippen LogP contribution is 2.40. The van der Waals surface area contributed by atoms with Crippen LogP contribution in [0, 0.1) is 0 Å². The Kier molecular flexibility index (Phi) is 4.90. The van der Waals surface area contributed by atoms with Gasteiger partial charge in [-0.25, -0.2) is 0 Å². The number of nitrogens with zero attached hydrogens (tertiary/aromatic N) is 2. The Morgan fingerprint density at radius 3 is 2.79 bits per heavy atom. The molecule has 1 atom stereocenters. The molecule has 6 heteroatoms. The van der Waals surface area contributed by atoms with Gasteiger partial charge in [-0.15, -0.1) is 0 Å². The minimum absolute atomic E-state index is 0.277. The van der Waals surface area contributed by atoms with Gasteiger partial charge in [0, 0.05) is 20.3 Å². The first-order valence-electron chi connectivity index (χ1n) is 6.94. The summed E-state index contributed by atoms with van der Waals surface area (Å²) in [6.07, 6.45) is 4.85. The molecule has 19 heavy (non-hydrogen) atoms. The van der Waals surface area contributed by atoms with E-state index in [2.05, 4.69) is 10.1 Å². The molecule has 1 aromatic heterocycles. The van der Waals surface area contributed by atoms with E-state index in [0.717, 1.165) is 25.7 Å². The Labute approximate surface area is 113 Å². The number of rotatable bonds is 7. The molecule has 1 aliphatic carbocycles. The molecule has 0 amide bonds. The molecule has 1 heterocycles. The molecule has 0 aliphatic heterocycles. The second-order valence-corrected chi connectivity index (χ2v) is 4.98. The molecule has 2 rings (SSSR count). The number of ether oxygens (including phenoxy) is 2. The van der Waals surface area contributed by atoms with Gasteiger partial charge in [-0.3, -0.25) is 0 Å². The van der Waals surface area contributed by atoms with Gasteiger partial charge in [0.2, 0.25) is 11.7 Å². The van der Waals surface area contributed by atoms with Crippen LogP contribution in [0.25, 0.3) is 0 Å². The zero-order valence-corrected chi connectivity index (χ0v) is 11.7. The summed E-state index contributed by atoms with van der Waals surface area (Å²) < 4.78 is 16.2. The molecule has 1 aromatic rings. The van der Waals surface area contributed by atoms with E-state index in [1.54, 1.807) is 7.11 Å². The maximum absolute atomic E-state index is 5.99. The molecule has 0 radical (unpaired) electrons. The highest BCUT2D eigenvalue weighted by molar-refractivity contribution is 5.05. The van der Waals surface area contributed by atoms with Crippen LogP contribution >= 0.6 is 0 Å². The van der Waals surface area contributed by atoms with Gasteiger partial charge in [-0.1, -0.05) is 5.16 Å². The maximum Gasteiger partial charge on any atom is 0.243 e. The fourth-order valence-electron chi connectivity index (χ4n) is 2.59. The van der Waals surface area contributed by atoms with Crippen molar-refractivity contribution in [3.8, 4) is 0 Å². The molecule has 6 nitrogen and oxygen atoms in total. The van der Waals surface area contributed by atoms with Gasteiger partial charge >= 0.3 is 0 Å². The van der Waals surface area contributed by atoms with E-state index in [1.807, 2.05) is 6.92 Å². The van der Waals surface area contributed by atoms with E-state index in [0.29, 0.717) is 31.3 Å². The number of hydrogen-bond acceptors (Lipinski definition) is 6. The summed E-state index contributed by atoms with van der Waals surface area (Å²) in [6.45, 7) is 3.22. The molecule has 0 aromatic carbocycles. The minimum Gasteiger partial charge on any atom is -0.385 e. The lowest BCUT2D eigenvalue weighted by atomic mass is 10.0. The quantitative estimate of drug-likeness (QED) is 0.814. The lowest BCUT2D eigenvalue weighted by Gasteiger charge is -2.24. The minimum atomic E-state index is -0.364. The summed E-state index contributed by atoms with van der Waals surface area (Å²) in [6, 6.07) is -0.277. The van der Waals surface area contributed by atoms with Crippen LogP contribution in [0.5, 0.6) is 0 Å². The van der Waals surface area contributed by atoms with E-state index in [9.17, 15) is 0 Å². The number of nitrogens with two attached hydrogens (primary N) is 1. The van der Waals surface area contributed by atoms with E-state index >= 15 is 0 Å². The van der Waals surface area contributed by atoms with Gasteiger partial charge in [-0.05, 0) is 39.0 Å². The highest BCUT2D eigenvalue weighted by atomic mass is 16.5. The van der Waals surface area contributed by atoms with Crippen molar-refractivity contribution in [2.75, 3.05) is 20.3 Å². The first-order valence-corrected chi connectivity index (χ1v) is 6.94. The zero-order chi connectivity index (χ0) is 13.7. The van der Waals surface area contributed by atoms with Gasteiger partial charge in [0.15, 0.2) is 0 Å². The predicted octanol–water partition coefficient (Wildman–Crippen LogP) is 1.91. The molecule has 1 unspecified atom stereocenters. The number of methoxy groups -OCH3 is 1. The van der Waals surface area contributed by atoms with E-state index < -0.39 is 0 Å². The number of hydrogen-bond donors (Lipinski definition) is 1. The second kappa shape index (κ2) is 6.45. The van der Waals surface area contributed by atoms with Gasteiger partial charge in [0.1, 0.15) is 5.60 Å². The van der Waals surface area contributed by atoms with Gasteiger partial charge in [0.05, 0.1) is 6.04 Å². The Hall–Kier alpha value is -0.980. The Morgan fingerprint density at radius 2 is 2.16 bits per heavy atom. The van der Waals surface area contributed by atoms with Crippen LogP contribution < -0.4 is 5.73 Å². The maximum atomic E-state index is 5.99. The van der Waals surface area contributed by atoms with Crippen molar-refractivity contribution < 1.29 is 14.0 Å². The molecule has 0 spiro atoms. The molecule has 1 saturated carbocycles. The summed E-state index contributed by atoms with van der Waals surface area (Å²) in [5, 5.41) is 4.09. The third kappa shape index (κ3) is 3.13. The van der Waals surface area contributed by atoms with Crippen molar-refractivity contribution in [2.24, 2.45) is 5.73 Å². The van der Waals surface area contributed by atoms with E-state index in [4.69, 9.17) is 19.7 Å². The summed E-state index contributed by atoms with van der Waals surface area (Å²) in [5.74, 6) is 1.12. The van der Waals surface area contributed by atoms with Crippen LogP contribution in [0.15, 0.2) is 4.52 Å². The average Bonchev–Trinajstić information content (AvgIpc) is 3.05. The third-order valence-electron chi connectivity index (χ3n) is 3.63. The van der Waals surface area contributed by atoms with E-state index in [-0.39, 0.29) is 11.6 Å². The van der Waals surface area contributed by atoms with Gasteiger partial charge < -0.3 is 19.7 Å². The predicted molar refractivity (Wildman–Crippen MR) is 69.5 cm³/mol. The van der Waals surface area contributed by atoms with Gasteiger partial charge in [0.25, 0.3) is 0 Å². The highest BCUT2D eigenvalue weighted by Gasteiger charge is 2.41. The van der Waals surface area contributed by atoms with Crippen LogP contribution in [0.1, 0.15) is 56.8 Å². The summed E-state index contributed by atoms with van der Waals surface area (Å²) in [7, 11) is 1.65. The Balaban J connectivity index is 2.10. The summed E-state index contributed by atoms with van der Waals surface area (Å²) in [4.78, 5) is 4.45. The van der Waals surface area contributed by atoms with Gasteiger partial charge in [-0.2, -0.15) is 4.98 Å². The number of aromatic nitrogens is 2. The molecule has 0 bridgehead atoms. The second-order valence-electron chi connectivity index (χ2n) is 4.98. The fourth-order valence-corrected chi connectivity index (χ4v) is 2.59. The Morgan fingerprint density at radius 1 is 1.42 bits per heavy atom. The lowest BCUT2D eigenvalue weighted by Crippen LogP contribution is -2.28. The summed E-state index contributed by atoms with van der Waals surface area (Å²) >= 11 is 0. The van der Waals surface area contributed by atoms with E-state index in [1.165, 1.54) is 0 Å². The zero-order valence-electron chi connectivity index (χ0n) is 11.7. The standard InChI is InChI=1S/C13H23N3O3/c1-3-18-13(7-4-5-8-13)12-15-11(19-16-12)10(14)6-9-17-2/h10H,3-9,14H2,1-2H3. The van der Waals surface area contributed by atoms with Crippen LogP contribution in [0.4, 0.5) is 0 Å². The van der Waals surface area contributed by atoms with Crippen LogP contribution in [0.3, 0.4) is 0 Å². The van der Waals surface area contributed by atoms with Crippen molar-refractivity contribution in [1.82, 2.24) is 10.1 Å². The topological polar surface area (TPSA) is 83.4 Å². The first kappa shape index (κ1) is 14.4. The fraction of sp³-hybridized carbons (Fsp3) is 0.846. The average molecular weight is 269 g/mol. The third-order valence-corrected chi connectivity index (χ3v) is 3.63. The molecular formula is C13H23N3O3. The summed E-state index contributed by atoms with van der Waals surface area (Å²) in [5.41, 5.74) is 5.63. The van der Waals surface area contributed by atoms with Crippen LogP contribution in [-0.2, 0) is 15.1 Å². The van der Waals surface area contributed by atoms with Crippen molar-refractivity contribution >= 4 is 0 Å². The van der Waals surface area contributed by atoms with Crippen molar-refractivity contribution in [1.29, 1.82) is 0 Å². The van der Waals surface area contributed by atoms with Crippen molar-refractivity contribution in [2.45, 2.75) is 50.7 Å². The van der Waals surface area contributed by atoms with Crippen molar-refractivity contribution in [3.63, 3.8) is 0 Å². The van der Waals surface area contributed by atoms with Crippen LogP contribution in [-0.4, -0.2) is 30.5 Å². The molecule has 108 valence electrons. The van der Waals surface area contributed by atoms with Crippen molar-refractivity contribution in [3.05, 3.63) is 11.7 Å². The SMILES string of the molecule is CCOC1(c2noc(C(N)CCOC)n2)CCCC1. The molecule has 1 aliphatic rings. The molecule has 1 fully saturated rings. The molecule has 2 N–H and O–H groups in total. The van der Waals surface area contributed by atoms with Crippen LogP contribution in [0.2, 0.25) is 0 Å². The smallest absolute Gasteiger partial charge is 0.243 e. The molecule has 0 saturated heterocycles. The monoisotopic (exact) mass is 269 g/mol. The Bertz CT molecular complexity index is 388. The molecular weight excluding hydrogens is 246 g/mol.